The van der Waals surface area contributed by atoms with Crippen LogP contribution < -0.4 is 10.1 Å². The molecule has 28 heavy (non-hydrogen) atoms. The molecule has 2 aromatic rings. The average Bonchev–Trinajstić information content (AvgIpc) is 3.12. The van der Waals surface area contributed by atoms with Crippen molar-refractivity contribution in [1.29, 1.82) is 0 Å². The van der Waals surface area contributed by atoms with Crippen molar-refractivity contribution in [2.24, 2.45) is 5.92 Å². The number of ether oxygens (including phenoxy) is 1. The van der Waals surface area contributed by atoms with Crippen molar-refractivity contribution in [3.63, 3.8) is 0 Å². The Morgan fingerprint density at radius 1 is 1.07 bits per heavy atom. The van der Waals surface area contributed by atoms with Crippen LogP contribution in [0.25, 0.3) is 0 Å². The van der Waals surface area contributed by atoms with Gasteiger partial charge in [-0.05, 0) is 29.8 Å². The smallest absolute Gasteiger partial charge is 0.415 e. The summed E-state index contributed by atoms with van der Waals surface area (Å²) in [6, 6.07) is 15.6. The van der Waals surface area contributed by atoms with E-state index in [0.29, 0.717) is 19.6 Å². The van der Waals surface area contributed by atoms with Gasteiger partial charge in [0.05, 0.1) is 5.56 Å². The van der Waals surface area contributed by atoms with Gasteiger partial charge in [0.25, 0.3) is 0 Å². The molecule has 1 heterocycles. The van der Waals surface area contributed by atoms with E-state index in [1.807, 2.05) is 30.3 Å². The largest absolute Gasteiger partial charge is 0.478 e. The zero-order chi connectivity index (χ0) is 20.1. The number of amides is 2. The number of carbonyl (C=O) groups excluding carboxylic acids is 2. The molecule has 1 fully saturated rings. The van der Waals surface area contributed by atoms with E-state index in [9.17, 15) is 14.4 Å². The topological polar surface area (TPSA) is 95.9 Å². The van der Waals surface area contributed by atoms with Crippen molar-refractivity contribution in [2.75, 3.05) is 19.6 Å². The minimum Gasteiger partial charge on any atom is -0.478 e. The first-order valence-corrected chi connectivity index (χ1v) is 9.03. The van der Waals surface area contributed by atoms with E-state index in [0.717, 1.165) is 5.56 Å². The molecule has 2 aromatic carbocycles. The molecule has 0 unspecified atom stereocenters. The molecule has 0 aromatic heterocycles. The van der Waals surface area contributed by atoms with Crippen molar-refractivity contribution in [3.8, 4) is 5.75 Å². The van der Waals surface area contributed by atoms with Crippen LogP contribution in [0.5, 0.6) is 5.75 Å². The van der Waals surface area contributed by atoms with Crippen LogP contribution in [-0.4, -0.2) is 47.6 Å². The lowest BCUT2D eigenvalue weighted by Gasteiger charge is -2.18. The first-order valence-electron chi connectivity index (χ1n) is 9.03. The number of rotatable bonds is 5. The molecule has 0 spiro atoms. The van der Waals surface area contributed by atoms with Gasteiger partial charge in [-0.2, -0.15) is 0 Å². The van der Waals surface area contributed by atoms with Crippen LogP contribution >= 0.6 is 0 Å². The Morgan fingerprint density at radius 2 is 1.75 bits per heavy atom. The fraction of sp³-hybridized carbons (Fsp3) is 0.286. The number of nitrogens with zero attached hydrogens (tertiary/aromatic N) is 1. The maximum absolute atomic E-state index is 12.6. The highest BCUT2D eigenvalue weighted by molar-refractivity contribution is 5.87. The molecule has 2 atom stereocenters. The molecule has 1 aliphatic heterocycles. The lowest BCUT2D eigenvalue weighted by molar-refractivity contribution is -0.119. The Bertz CT molecular complexity index is 851. The van der Waals surface area contributed by atoms with Gasteiger partial charge >= 0.3 is 12.1 Å². The van der Waals surface area contributed by atoms with Crippen LogP contribution in [0, 0.1) is 5.92 Å². The third-order valence-electron chi connectivity index (χ3n) is 4.85. The van der Waals surface area contributed by atoms with Crippen LogP contribution in [0.3, 0.4) is 0 Å². The number of hydrogen-bond acceptors (Lipinski definition) is 4. The van der Waals surface area contributed by atoms with E-state index >= 15 is 0 Å². The number of aromatic carboxylic acids is 1. The number of likely N-dealkylation sites (tertiary alicyclic amines) is 1. The molecular formula is C21H22N2O5. The molecule has 1 aliphatic rings. The highest BCUT2D eigenvalue weighted by Crippen LogP contribution is 2.32. The zero-order valence-electron chi connectivity index (χ0n) is 15.5. The fourth-order valence-electron chi connectivity index (χ4n) is 3.41. The molecule has 7 heteroatoms. The monoisotopic (exact) mass is 382 g/mol. The van der Waals surface area contributed by atoms with E-state index in [1.165, 1.54) is 31.2 Å². The van der Waals surface area contributed by atoms with Gasteiger partial charge in [-0.3, -0.25) is 4.79 Å². The quantitative estimate of drug-likeness (QED) is 0.829. The predicted octanol–water partition coefficient (Wildman–Crippen LogP) is 2.74. The van der Waals surface area contributed by atoms with E-state index < -0.39 is 12.1 Å². The number of carboxylic acid groups (broad SMARTS) is 1. The second-order valence-corrected chi connectivity index (χ2v) is 6.82. The summed E-state index contributed by atoms with van der Waals surface area (Å²) in [4.78, 5) is 36.4. The van der Waals surface area contributed by atoms with Crippen LogP contribution in [0.1, 0.15) is 28.8 Å². The lowest BCUT2D eigenvalue weighted by atomic mass is 9.89. The number of benzene rings is 2. The SMILES string of the molecule is CC(=O)NC[C@H]1CN(C(=O)Oc2ccc(C(=O)O)cc2)C[C@@H]1c1ccccc1. The van der Waals surface area contributed by atoms with E-state index in [-0.39, 0.29) is 29.1 Å². The maximum atomic E-state index is 12.6. The number of nitrogens with one attached hydrogen (secondary N) is 1. The summed E-state index contributed by atoms with van der Waals surface area (Å²) in [6.07, 6.45) is -0.491. The summed E-state index contributed by atoms with van der Waals surface area (Å²) >= 11 is 0. The Labute approximate surface area is 162 Å². The predicted molar refractivity (Wildman–Crippen MR) is 102 cm³/mol. The number of hydrogen-bond donors (Lipinski definition) is 2. The minimum atomic E-state index is -1.04. The molecule has 2 amide bonds. The third kappa shape index (κ3) is 4.68. The average molecular weight is 382 g/mol. The van der Waals surface area contributed by atoms with Crippen LogP contribution in [0.2, 0.25) is 0 Å². The van der Waals surface area contributed by atoms with Crippen molar-refractivity contribution in [2.45, 2.75) is 12.8 Å². The Balaban J connectivity index is 1.69. The number of carboxylic acids is 1. The second kappa shape index (κ2) is 8.56. The molecule has 0 aliphatic carbocycles. The second-order valence-electron chi connectivity index (χ2n) is 6.82. The van der Waals surface area contributed by atoms with Gasteiger partial charge in [-0.15, -0.1) is 0 Å². The van der Waals surface area contributed by atoms with Gasteiger partial charge in [0, 0.05) is 38.4 Å². The first kappa shape index (κ1) is 19.4. The standard InChI is InChI=1S/C21H22N2O5/c1-14(24)22-11-17-12-23(13-19(17)15-5-3-2-4-6-15)21(27)28-18-9-7-16(8-10-18)20(25)26/h2-10,17,19H,11-13H2,1H3,(H,22,24)(H,25,26)/t17-,19+/m0/s1. The van der Waals surface area contributed by atoms with E-state index in [4.69, 9.17) is 9.84 Å². The van der Waals surface area contributed by atoms with Gasteiger partial charge in [0.15, 0.2) is 0 Å². The van der Waals surface area contributed by atoms with Crippen LogP contribution in [0.4, 0.5) is 4.79 Å². The van der Waals surface area contributed by atoms with Crippen molar-refractivity contribution in [3.05, 3.63) is 65.7 Å². The first-order chi connectivity index (χ1) is 13.4. The molecule has 0 radical (unpaired) electrons. The highest BCUT2D eigenvalue weighted by Gasteiger charge is 2.37. The summed E-state index contributed by atoms with van der Waals surface area (Å²) in [5.74, 6) is -0.685. The summed E-state index contributed by atoms with van der Waals surface area (Å²) in [5.41, 5.74) is 1.24. The molecule has 2 N–H and O–H groups in total. The Morgan fingerprint density at radius 3 is 2.36 bits per heavy atom. The Hall–Kier alpha value is -3.35. The van der Waals surface area contributed by atoms with Gasteiger partial charge < -0.3 is 20.1 Å². The van der Waals surface area contributed by atoms with Gasteiger partial charge in [0.1, 0.15) is 5.75 Å². The highest BCUT2D eigenvalue weighted by atomic mass is 16.6. The normalized spacial score (nSPS) is 18.5. The minimum absolute atomic E-state index is 0.0771. The maximum Gasteiger partial charge on any atom is 0.415 e. The van der Waals surface area contributed by atoms with E-state index in [1.54, 1.807) is 4.90 Å². The van der Waals surface area contributed by atoms with Crippen LogP contribution in [0.15, 0.2) is 54.6 Å². The van der Waals surface area contributed by atoms with Crippen molar-refractivity contribution in [1.82, 2.24) is 10.2 Å². The van der Waals surface area contributed by atoms with Gasteiger partial charge in [-0.1, -0.05) is 30.3 Å². The number of carbonyl (C=O) groups is 3. The molecule has 146 valence electrons. The van der Waals surface area contributed by atoms with Crippen molar-refractivity contribution >= 4 is 18.0 Å². The summed E-state index contributed by atoms with van der Waals surface area (Å²) in [7, 11) is 0. The van der Waals surface area contributed by atoms with E-state index in [2.05, 4.69) is 5.32 Å². The third-order valence-corrected chi connectivity index (χ3v) is 4.85. The summed E-state index contributed by atoms with van der Waals surface area (Å²) in [5, 5.41) is 11.8. The molecule has 0 bridgehead atoms. The zero-order valence-corrected chi connectivity index (χ0v) is 15.5. The molecule has 0 saturated carbocycles. The van der Waals surface area contributed by atoms with Gasteiger partial charge in [-0.25, -0.2) is 9.59 Å². The van der Waals surface area contributed by atoms with Gasteiger partial charge in [0.2, 0.25) is 5.91 Å². The van der Waals surface area contributed by atoms with Crippen molar-refractivity contribution < 1.29 is 24.2 Å². The summed E-state index contributed by atoms with van der Waals surface area (Å²) < 4.78 is 5.40. The molecule has 3 rings (SSSR count). The fourth-order valence-corrected chi connectivity index (χ4v) is 3.41. The summed E-state index contributed by atoms with van der Waals surface area (Å²) in [6.45, 7) is 2.90. The molecule has 1 saturated heterocycles. The molecular weight excluding hydrogens is 360 g/mol. The Kier molecular flexibility index (Phi) is 5.93. The van der Waals surface area contributed by atoms with Crippen LogP contribution in [-0.2, 0) is 4.79 Å². The lowest BCUT2D eigenvalue weighted by Crippen LogP contribution is -2.33. The molecule has 7 nitrogen and oxygen atoms in total.